The number of hydrogen-bond donors (Lipinski definition) is 1. The number of ether oxygens (including phenoxy) is 2. The lowest BCUT2D eigenvalue weighted by Gasteiger charge is -2.31. The molecule has 1 atom stereocenters. The number of carbonyl (C=O) groups excluding carboxylic acids is 1. The molecule has 1 heterocycles. The van der Waals surface area contributed by atoms with Gasteiger partial charge in [-0.05, 0) is 49.4 Å². The standard InChI is InChI=1S/C23H30N2O3/c1-3-22(28-20-12-6-11-19(17-20)27-2)23(26)24-14-8-16-25-15-7-10-18-9-4-5-13-21(18)25/h4-6,9,11-13,17,22H,3,7-8,10,14-16H2,1-2H3,(H,24,26). The molecule has 3 rings (SSSR count). The minimum Gasteiger partial charge on any atom is -0.497 e. The molecule has 2 aromatic carbocycles. The predicted octanol–water partition coefficient (Wildman–Crippen LogP) is 3.81. The highest BCUT2D eigenvalue weighted by Crippen LogP contribution is 2.26. The van der Waals surface area contributed by atoms with Crippen LogP contribution in [0.3, 0.4) is 0 Å². The highest BCUT2D eigenvalue weighted by atomic mass is 16.5. The van der Waals surface area contributed by atoms with Crippen LogP contribution in [0, 0.1) is 0 Å². The summed E-state index contributed by atoms with van der Waals surface area (Å²) in [5, 5.41) is 3.02. The Labute approximate surface area is 167 Å². The lowest BCUT2D eigenvalue weighted by molar-refractivity contribution is -0.128. The summed E-state index contributed by atoms with van der Waals surface area (Å²) in [6, 6.07) is 16.0. The van der Waals surface area contributed by atoms with Crippen LogP contribution in [0.2, 0.25) is 0 Å². The molecule has 1 amide bonds. The fourth-order valence-corrected chi connectivity index (χ4v) is 3.60. The maximum absolute atomic E-state index is 12.5. The van der Waals surface area contributed by atoms with Gasteiger partial charge in [0.25, 0.3) is 5.91 Å². The average Bonchev–Trinajstić information content (AvgIpc) is 2.75. The van der Waals surface area contributed by atoms with E-state index in [0.29, 0.717) is 18.7 Å². The maximum Gasteiger partial charge on any atom is 0.261 e. The third-order valence-electron chi connectivity index (χ3n) is 5.09. The van der Waals surface area contributed by atoms with Crippen molar-refractivity contribution in [3.05, 3.63) is 54.1 Å². The highest BCUT2D eigenvalue weighted by Gasteiger charge is 2.19. The van der Waals surface area contributed by atoms with E-state index in [2.05, 4.69) is 34.5 Å². The average molecular weight is 383 g/mol. The lowest BCUT2D eigenvalue weighted by Crippen LogP contribution is -2.39. The van der Waals surface area contributed by atoms with Gasteiger partial charge in [0.15, 0.2) is 6.10 Å². The smallest absolute Gasteiger partial charge is 0.261 e. The van der Waals surface area contributed by atoms with Gasteiger partial charge in [0.1, 0.15) is 11.5 Å². The van der Waals surface area contributed by atoms with Gasteiger partial charge < -0.3 is 19.7 Å². The predicted molar refractivity (Wildman–Crippen MR) is 112 cm³/mol. The Morgan fingerprint density at radius 3 is 2.82 bits per heavy atom. The number of fused-ring (bicyclic) bond motifs is 1. The zero-order valence-electron chi connectivity index (χ0n) is 16.8. The first-order valence-electron chi connectivity index (χ1n) is 10.1. The molecule has 0 saturated heterocycles. The Balaban J connectivity index is 1.45. The summed E-state index contributed by atoms with van der Waals surface area (Å²) >= 11 is 0. The number of carbonyl (C=O) groups is 1. The summed E-state index contributed by atoms with van der Waals surface area (Å²) in [6.07, 6.45) is 3.37. The van der Waals surface area contributed by atoms with Gasteiger partial charge in [-0.25, -0.2) is 0 Å². The van der Waals surface area contributed by atoms with E-state index >= 15 is 0 Å². The SMILES string of the molecule is CCC(Oc1cccc(OC)c1)C(=O)NCCCN1CCCc2ccccc21. The molecule has 0 fully saturated rings. The molecule has 1 aliphatic heterocycles. The number of nitrogens with one attached hydrogen (secondary N) is 1. The normalized spacial score (nSPS) is 14.1. The van der Waals surface area contributed by atoms with E-state index < -0.39 is 6.10 Å². The van der Waals surface area contributed by atoms with Crippen molar-refractivity contribution in [2.75, 3.05) is 31.6 Å². The van der Waals surface area contributed by atoms with Crippen molar-refractivity contribution >= 4 is 11.6 Å². The molecule has 0 radical (unpaired) electrons. The van der Waals surface area contributed by atoms with Gasteiger partial charge in [-0.3, -0.25) is 4.79 Å². The highest BCUT2D eigenvalue weighted by molar-refractivity contribution is 5.81. The van der Waals surface area contributed by atoms with E-state index in [9.17, 15) is 4.79 Å². The molecule has 0 aliphatic carbocycles. The Bertz CT molecular complexity index is 778. The number of aryl methyl sites for hydroxylation is 1. The van der Waals surface area contributed by atoms with Crippen LogP contribution in [-0.2, 0) is 11.2 Å². The summed E-state index contributed by atoms with van der Waals surface area (Å²) in [6.45, 7) is 4.64. The van der Waals surface area contributed by atoms with Crippen LogP contribution in [-0.4, -0.2) is 38.8 Å². The third kappa shape index (κ3) is 5.18. The molecular formula is C23H30N2O3. The number of para-hydroxylation sites is 1. The largest absolute Gasteiger partial charge is 0.497 e. The van der Waals surface area contributed by atoms with Gasteiger partial charge in [-0.1, -0.05) is 31.2 Å². The van der Waals surface area contributed by atoms with Crippen molar-refractivity contribution in [1.82, 2.24) is 5.32 Å². The lowest BCUT2D eigenvalue weighted by atomic mass is 10.0. The molecule has 0 bridgehead atoms. The second-order valence-corrected chi connectivity index (χ2v) is 7.06. The van der Waals surface area contributed by atoms with Gasteiger partial charge in [0.05, 0.1) is 7.11 Å². The van der Waals surface area contributed by atoms with Gasteiger partial charge in [-0.15, -0.1) is 0 Å². The molecule has 2 aromatic rings. The van der Waals surface area contributed by atoms with Gasteiger partial charge >= 0.3 is 0 Å². The Hall–Kier alpha value is -2.69. The van der Waals surface area contributed by atoms with Crippen LogP contribution in [0.25, 0.3) is 0 Å². The number of rotatable bonds is 9. The zero-order valence-corrected chi connectivity index (χ0v) is 16.8. The molecule has 28 heavy (non-hydrogen) atoms. The van der Waals surface area contributed by atoms with Crippen molar-refractivity contribution in [3.63, 3.8) is 0 Å². The molecule has 0 spiro atoms. The molecule has 5 nitrogen and oxygen atoms in total. The second-order valence-electron chi connectivity index (χ2n) is 7.06. The van der Waals surface area contributed by atoms with E-state index in [1.807, 2.05) is 25.1 Å². The first-order chi connectivity index (χ1) is 13.7. The minimum atomic E-state index is -0.497. The number of hydrogen-bond acceptors (Lipinski definition) is 4. The number of nitrogens with zero attached hydrogens (tertiary/aromatic N) is 1. The Kier molecular flexibility index (Phi) is 7.18. The summed E-state index contributed by atoms with van der Waals surface area (Å²) in [5.74, 6) is 1.30. The molecule has 1 aliphatic rings. The van der Waals surface area contributed by atoms with E-state index in [-0.39, 0.29) is 5.91 Å². The summed E-state index contributed by atoms with van der Waals surface area (Å²) in [7, 11) is 1.61. The maximum atomic E-state index is 12.5. The zero-order chi connectivity index (χ0) is 19.8. The van der Waals surface area contributed by atoms with Crippen LogP contribution in [0.4, 0.5) is 5.69 Å². The summed E-state index contributed by atoms with van der Waals surface area (Å²) < 4.78 is 11.1. The summed E-state index contributed by atoms with van der Waals surface area (Å²) in [4.78, 5) is 14.9. The molecule has 150 valence electrons. The fraction of sp³-hybridized carbons (Fsp3) is 0.435. The first-order valence-corrected chi connectivity index (χ1v) is 10.1. The van der Waals surface area contributed by atoms with E-state index in [4.69, 9.17) is 9.47 Å². The number of methoxy groups -OCH3 is 1. The molecule has 5 heteroatoms. The topological polar surface area (TPSA) is 50.8 Å². The second kappa shape index (κ2) is 10.0. The molecule has 1 unspecified atom stereocenters. The van der Waals surface area contributed by atoms with E-state index in [1.54, 1.807) is 13.2 Å². The molecular weight excluding hydrogens is 352 g/mol. The van der Waals surface area contributed by atoms with E-state index in [1.165, 1.54) is 17.7 Å². The minimum absolute atomic E-state index is 0.0654. The van der Waals surface area contributed by atoms with Crippen molar-refractivity contribution in [2.45, 2.75) is 38.7 Å². The van der Waals surface area contributed by atoms with Gasteiger partial charge in [0.2, 0.25) is 0 Å². The molecule has 1 N–H and O–H groups in total. The van der Waals surface area contributed by atoms with Gasteiger partial charge in [-0.2, -0.15) is 0 Å². The van der Waals surface area contributed by atoms with Gasteiger partial charge in [0, 0.05) is 31.4 Å². The van der Waals surface area contributed by atoms with Crippen LogP contribution in [0.5, 0.6) is 11.5 Å². The van der Waals surface area contributed by atoms with Crippen molar-refractivity contribution in [2.24, 2.45) is 0 Å². The van der Waals surface area contributed by atoms with Crippen LogP contribution in [0.15, 0.2) is 48.5 Å². The van der Waals surface area contributed by atoms with Crippen molar-refractivity contribution in [1.29, 1.82) is 0 Å². The molecule has 0 saturated carbocycles. The quantitative estimate of drug-likeness (QED) is 0.670. The van der Waals surface area contributed by atoms with Crippen LogP contribution in [0.1, 0.15) is 31.7 Å². The monoisotopic (exact) mass is 382 g/mol. The number of benzene rings is 2. The van der Waals surface area contributed by atoms with Crippen LogP contribution >= 0.6 is 0 Å². The summed E-state index contributed by atoms with van der Waals surface area (Å²) in [5.41, 5.74) is 2.77. The third-order valence-corrected chi connectivity index (χ3v) is 5.09. The first kappa shape index (κ1) is 20.1. The molecule has 0 aromatic heterocycles. The Morgan fingerprint density at radius 1 is 1.18 bits per heavy atom. The van der Waals surface area contributed by atoms with Crippen molar-refractivity contribution < 1.29 is 14.3 Å². The van der Waals surface area contributed by atoms with E-state index in [0.717, 1.165) is 31.7 Å². The fourth-order valence-electron chi connectivity index (χ4n) is 3.60. The number of anilines is 1. The van der Waals surface area contributed by atoms with Crippen molar-refractivity contribution in [3.8, 4) is 11.5 Å². The number of amides is 1. The Morgan fingerprint density at radius 2 is 2.00 bits per heavy atom. The van der Waals surface area contributed by atoms with Crippen LogP contribution < -0.4 is 19.7 Å².